The van der Waals surface area contributed by atoms with Crippen LogP contribution in [-0.2, 0) is 16.0 Å². The number of ether oxygens (including phenoxy) is 1. The molecule has 6 nitrogen and oxygen atoms in total. The van der Waals surface area contributed by atoms with Gasteiger partial charge in [-0.05, 0) is 43.0 Å². The van der Waals surface area contributed by atoms with Gasteiger partial charge in [0.25, 0.3) is 0 Å². The first-order valence-electron chi connectivity index (χ1n) is 11.0. The summed E-state index contributed by atoms with van der Waals surface area (Å²) in [7, 11) is 0. The van der Waals surface area contributed by atoms with Gasteiger partial charge in [-0.3, -0.25) is 9.59 Å². The molecule has 0 unspecified atom stereocenters. The molecule has 1 fully saturated rings. The van der Waals surface area contributed by atoms with Gasteiger partial charge in [0.15, 0.2) is 0 Å². The predicted octanol–water partition coefficient (Wildman–Crippen LogP) is 3.53. The fourth-order valence-corrected chi connectivity index (χ4v) is 4.13. The third kappa shape index (κ3) is 5.45. The molecule has 31 heavy (non-hydrogen) atoms. The van der Waals surface area contributed by atoms with Crippen molar-refractivity contribution in [3.63, 3.8) is 0 Å². The van der Waals surface area contributed by atoms with Crippen molar-refractivity contribution in [1.29, 1.82) is 0 Å². The largest absolute Gasteiger partial charge is 0.493 e. The molecule has 0 atom stereocenters. The Labute approximate surface area is 182 Å². The van der Waals surface area contributed by atoms with Gasteiger partial charge in [-0.2, -0.15) is 0 Å². The number of para-hydroxylation sites is 2. The molecule has 3 aromatic rings. The lowest BCUT2D eigenvalue weighted by Gasteiger charge is -2.31. The quantitative estimate of drug-likeness (QED) is 0.587. The molecule has 0 bridgehead atoms. The first-order chi connectivity index (χ1) is 15.2. The fraction of sp³-hybridized carbons (Fsp3) is 0.360. The zero-order valence-corrected chi connectivity index (χ0v) is 17.7. The van der Waals surface area contributed by atoms with E-state index in [-0.39, 0.29) is 17.7 Å². The molecule has 2 heterocycles. The highest BCUT2D eigenvalue weighted by molar-refractivity contribution is 5.83. The minimum atomic E-state index is -0.0208. The standard InChI is InChI=1S/C25H29N3O3/c29-24(13-17-31-21-6-2-1-3-7-21)28-15-11-19(12-16-28)25(30)26-14-10-20-18-27-23-9-5-4-8-22(20)23/h1-9,18-19,27H,10-17H2,(H,26,30). The number of carbonyl (C=O) groups excluding carboxylic acids is 2. The van der Waals surface area contributed by atoms with Crippen LogP contribution >= 0.6 is 0 Å². The molecule has 1 aromatic heterocycles. The molecule has 1 aliphatic rings. The lowest BCUT2D eigenvalue weighted by atomic mass is 9.95. The second kappa shape index (κ2) is 10.2. The molecule has 0 saturated carbocycles. The number of benzene rings is 2. The number of rotatable bonds is 8. The summed E-state index contributed by atoms with van der Waals surface area (Å²) in [6.45, 7) is 2.25. The van der Waals surface area contributed by atoms with E-state index in [0.717, 1.165) is 17.7 Å². The van der Waals surface area contributed by atoms with Crippen LogP contribution in [0.25, 0.3) is 10.9 Å². The Balaban J connectivity index is 1.15. The van der Waals surface area contributed by atoms with E-state index in [1.54, 1.807) is 0 Å². The highest BCUT2D eigenvalue weighted by Gasteiger charge is 2.27. The average molecular weight is 420 g/mol. The Morgan fingerprint density at radius 3 is 2.58 bits per heavy atom. The zero-order valence-electron chi connectivity index (χ0n) is 17.7. The van der Waals surface area contributed by atoms with Crippen molar-refractivity contribution in [2.45, 2.75) is 25.7 Å². The topological polar surface area (TPSA) is 74.4 Å². The number of amides is 2. The number of hydrogen-bond donors (Lipinski definition) is 2. The molecule has 1 saturated heterocycles. The monoisotopic (exact) mass is 419 g/mol. The summed E-state index contributed by atoms with van der Waals surface area (Å²) in [4.78, 5) is 30.1. The van der Waals surface area contributed by atoms with Crippen molar-refractivity contribution < 1.29 is 14.3 Å². The molecular formula is C25H29N3O3. The van der Waals surface area contributed by atoms with Gasteiger partial charge in [-0.25, -0.2) is 0 Å². The summed E-state index contributed by atoms with van der Waals surface area (Å²) in [5.74, 6) is 0.944. The number of nitrogens with zero attached hydrogens (tertiary/aromatic N) is 1. The molecular weight excluding hydrogens is 390 g/mol. The van der Waals surface area contributed by atoms with Crippen LogP contribution in [0.2, 0.25) is 0 Å². The smallest absolute Gasteiger partial charge is 0.225 e. The number of H-pyrrole nitrogens is 1. The second-order valence-corrected chi connectivity index (χ2v) is 7.97. The summed E-state index contributed by atoms with van der Waals surface area (Å²) in [5, 5.41) is 4.28. The van der Waals surface area contributed by atoms with Crippen molar-refractivity contribution in [2.24, 2.45) is 5.92 Å². The lowest BCUT2D eigenvalue weighted by molar-refractivity contribution is -0.136. The maximum absolute atomic E-state index is 12.6. The highest BCUT2D eigenvalue weighted by Crippen LogP contribution is 2.20. The van der Waals surface area contributed by atoms with Gasteiger partial charge < -0.3 is 19.9 Å². The Morgan fingerprint density at radius 2 is 1.77 bits per heavy atom. The molecule has 0 aliphatic carbocycles. The molecule has 2 aromatic carbocycles. The molecule has 2 amide bonds. The van der Waals surface area contributed by atoms with E-state index in [0.29, 0.717) is 45.5 Å². The van der Waals surface area contributed by atoms with Crippen LogP contribution in [0.1, 0.15) is 24.8 Å². The van der Waals surface area contributed by atoms with Gasteiger partial charge in [0.05, 0.1) is 13.0 Å². The van der Waals surface area contributed by atoms with Gasteiger partial charge in [-0.1, -0.05) is 36.4 Å². The van der Waals surface area contributed by atoms with Crippen molar-refractivity contribution in [3.8, 4) is 5.75 Å². The third-order valence-electron chi connectivity index (χ3n) is 5.91. The Morgan fingerprint density at radius 1 is 1.03 bits per heavy atom. The summed E-state index contributed by atoms with van der Waals surface area (Å²) in [6, 6.07) is 17.7. The number of likely N-dealkylation sites (tertiary alicyclic amines) is 1. The molecule has 0 radical (unpaired) electrons. The van der Waals surface area contributed by atoms with Crippen LogP contribution in [0, 0.1) is 5.92 Å². The van der Waals surface area contributed by atoms with Gasteiger partial charge in [-0.15, -0.1) is 0 Å². The van der Waals surface area contributed by atoms with Gasteiger partial charge >= 0.3 is 0 Å². The van der Waals surface area contributed by atoms with E-state index in [1.807, 2.05) is 53.6 Å². The molecule has 4 rings (SSSR count). The van der Waals surface area contributed by atoms with E-state index in [4.69, 9.17) is 4.74 Å². The van der Waals surface area contributed by atoms with E-state index in [2.05, 4.69) is 22.4 Å². The van der Waals surface area contributed by atoms with Crippen LogP contribution in [0.15, 0.2) is 60.8 Å². The van der Waals surface area contributed by atoms with Crippen LogP contribution in [0.5, 0.6) is 5.75 Å². The summed E-state index contributed by atoms with van der Waals surface area (Å²) in [5.41, 5.74) is 2.34. The number of carbonyl (C=O) groups is 2. The SMILES string of the molecule is O=C(NCCc1c[nH]c2ccccc12)C1CCN(C(=O)CCOc2ccccc2)CC1. The maximum Gasteiger partial charge on any atom is 0.225 e. The summed E-state index contributed by atoms with van der Waals surface area (Å²) >= 11 is 0. The van der Waals surface area contributed by atoms with E-state index < -0.39 is 0 Å². The first-order valence-corrected chi connectivity index (χ1v) is 11.0. The number of hydrogen-bond acceptors (Lipinski definition) is 3. The Hall–Kier alpha value is -3.28. The van der Waals surface area contributed by atoms with Crippen LogP contribution in [0.3, 0.4) is 0 Å². The molecule has 6 heteroatoms. The lowest BCUT2D eigenvalue weighted by Crippen LogP contribution is -2.43. The number of fused-ring (bicyclic) bond motifs is 1. The second-order valence-electron chi connectivity index (χ2n) is 7.97. The summed E-state index contributed by atoms with van der Waals surface area (Å²) in [6.07, 6.45) is 4.60. The number of aromatic nitrogens is 1. The van der Waals surface area contributed by atoms with E-state index in [1.165, 1.54) is 10.9 Å². The van der Waals surface area contributed by atoms with Crippen LogP contribution < -0.4 is 10.1 Å². The average Bonchev–Trinajstić information content (AvgIpc) is 3.23. The van der Waals surface area contributed by atoms with Gasteiger partial charge in [0, 0.05) is 42.7 Å². The predicted molar refractivity (Wildman–Crippen MR) is 121 cm³/mol. The minimum Gasteiger partial charge on any atom is -0.493 e. The number of piperidine rings is 1. The fourth-order valence-electron chi connectivity index (χ4n) is 4.13. The van der Waals surface area contributed by atoms with Crippen molar-refractivity contribution in [2.75, 3.05) is 26.2 Å². The van der Waals surface area contributed by atoms with Crippen molar-refractivity contribution in [3.05, 3.63) is 66.4 Å². The van der Waals surface area contributed by atoms with Crippen LogP contribution in [0.4, 0.5) is 0 Å². The third-order valence-corrected chi connectivity index (χ3v) is 5.91. The molecule has 162 valence electrons. The summed E-state index contributed by atoms with van der Waals surface area (Å²) < 4.78 is 5.61. The molecule has 1 aliphatic heterocycles. The first kappa shape index (κ1) is 21.0. The van der Waals surface area contributed by atoms with Gasteiger partial charge in [0.2, 0.25) is 11.8 Å². The van der Waals surface area contributed by atoms with Gasteiger partial charge in [0.1, 0.15) is 5.75 Å². The zero-order chi connectivity index (χ0) is 21.5. The maximum atomic E-state index is 12.6. The molecule has 2 N–H and O–H groups in total. The van der Waals surface area contributed by atoms with Crippen LogP contribution in [-0.4, -0.2) is 47.9 Å². The van der Waals surface area contributed by atoms with Crippen molar-refractivity contribution >= 4 is 22.7 Å². The Kier molecular flexibility index (Phi) is 6.87. The van der Waals surface area contributed by atoms with E-state index in [9.17, 15) is 9.59 Å². The minimum absolute atomic E-state index is 0.0208. The van der Waals surface area contributed by atoms with Crippen molar-refractivity contribution in [1.82, 2.24) is 15.2 Å². The van der Waals surface area contributed by atoms with E-state index >= 15 is 0 Å². The number of aromatic amines is 1. The highest BCUT2D eigenvalue weighted by atomic mass is 16.5. The number of nitrogens with one attached hydrogen (secondary N) is 2. The normalized spacial score (nSPS) is 14.5. The molecule has 0 spiro atoms. The Bertz CT molecular complexity index is 1010.